The average molecular weight is 376 g/mol. The standard InChI is InChI=1S/C24H27B3N2/c1-22(2,25)17-14-18(23(3,4)26)20(19(15-17)24(5,6)27)29-13-12-28-21(29)16-10-8-7-9-11-16/h7-15H,1-6H3. The molecule has 0 spiro atoms. The van der Waals surface area contributed by atoms with E-state index >= 15 is 0 Å². The Kier molecular flexibility index (Phi) is 5.40. The van der Waals surface area contributed by atoms with E-state index in [0.717, 1.165) is 33.8 Å². The van der Waals surface area contributed by atoms with Crippen LogP contribution < -0.4 is 0 Å². The van der Waals surface area contributed by atoms with Gasteiger partial charge in [-0.3, -0.25) is 4.57 Å². The molecule has 0 aliphatic carbocycles. The number of imidazole rings is 1. The molecule has 0 saturated carbocycles. The quantitative estimate of drug-likeness (QED) is 0.588. The zero-order valence-electron chi connectivity index (χ0n) is 18.3. The summed E-state index contributed by atoms with van der Waals surface area (Å²) < 4.78 is 2.09. The maximum atomic E-state index is 6.66. The van der Waals surface area contributed by atoms with E-state index in [2.05, 4.69) is 33.8 Å². The molecule has 0 saturated heterocycles. The Labute approximate surface area is 179 Å². The fraction of sp³-hybridized carbons (Fsp3) is 0.375. The maximum Gasteiger partial charge on any atom is 0.144 e. The van der Waals surface area contributed by atoms with Crippen LogP contribution in [0.15, 0.2) is 54.9 Å². The van der Waals surface area contributed by atoms with Crippen molar-refractivity contribution >= 4 is 23.5 Å². The first kappa shape index (κ1) is 21.6. The number of benzene rings is 2. The summed E-state index contributed by atoms with van der Waals surface area (Å²) in [6, 6.07) is 14.3. The van der Waals surface area contributed by atoms with Gasteiger partial charge in [0.1, 0.15) is 5.82 Å². The smallest absolute Gasteiger partial charge is 0.144 e. The number of rotatable bonds is 5. The molecule has 2 aromatic carbocycles. The highest BCUT2D eigenvalue weighted by molar-refractivity contribution is 6.18. The van der Waals surface area contributed by atoms with Gasteiger partial charge in [-0.1, -0.05) is 89.6 Å². The van der Waals surface area contributed by atoms with Gasteiger partial charge in [-0.25, -0.2) is 4.98 Å². The van der Waals surface area contributed by atoms with E-state index < -0.39 is 15.9 Å². The largest absolute Gasteiger partial charge is 0.299 e. The first-order valence-corrected chi connectivity index (χ1v) is 9.95. The second-order valence-electron chi connectivity index (χ2n) is 9.57. The van der Waals surface area contributed by atoms with Gasteiger partial charge < -0.3 is 0 Å². The predicted octanol–water partition coefficient (Wildman–Crippen LogP) is 4.75. The third-order valence-corrected chi connectivity index (χ3v) is 5.16. The van der Waals surface area contributed by atoms with Crippen molar-refractivity contribution < 1.29 is 0 Å². The third-order valence-electron chi connectivity index (χ3n) is 5.16. The van der Waals surface area contributed by atoms with Crippen molar-refractivity contribution in [1.29, 1.82) is 0 Å². The topological polar surface area (TPSA) is 17.8 Å². The van der Waals surface area contributed by atoms with Crippen molar-refractivity contribution in [3.05, 3.63) is 71.5 Å². The molecule has 0 atom stereocenters. The van der Waals surface area contributed by atoms with E-state index in [1.165, 1.54) is 0 Å². The molecule has 0 unspecified atom stereocenters. The molecule has 2 nitrogen and oxygen atoms in total. The normalized spacial score (nSPS) is 12.9. The minimum atomic E-state index is -0.602. The summed E-state index contributed by atoms with van der Waals surface area (Å²) in [5.41, 5.74) is 4.97. The van der Waals surface area contributed by atoms with Crippen LogP contribution in [-0.2, 0) is 15.9 Å². The molecule has 3 rings (SSSR count). The van der Waals surface area contributed by atoms with Crippen molar-refractivity contribution in [2.75, 3.05) is 0 Å². The van der Waals surface area contributed by atoms with Crippen LogP contribution in [-0.4, -0.2) is 33.1 Å². The fourth-order valence-electron chi connectivity index (χ4n) is 3.53. The van der Waals surface area contributed by atoms with Crippen LogP contribution in [0.2, 0.25) is 0 Å². The first-order valence-electron chi connectivity index (χ1n) is 9.95. The van der Waals surface area contributed by atoms with E-state index in [1.54, 1.807) is 0 Å². The molecule has 5 heteroatoms. The number of hydrogen-bond acceptors (Lipinski definition) is 1. The van der Waals surface area contributed by atoms with Crippen LogP contribution in [0.1, 0.15) is 58.2 Å². The number of nitrogens with zero attached hydrogens (tertiary/aromatic N) is 2. The summed E-state index contributed by atoms with van der Waals surface area (Å²) in [4.78, 5) is 4.64. The molecule has 0 bridgehead atoms. The second kappa shape index (κ2) is 7.27. The van der Waals surface area contributed by atoms with Crippen molar-refractivity contribution in [3.8, 4) is 17.1 Å². The number of aromatic nitrogens is 2. The molecule has 0 aliphatic heterocycles. The average Bonchev–Trinajstić information content (AvgIpc) is 3.08. The SMILES string of the molecule is [B]C(C)(C)c1cc(C([B])(C)C)c(-n2ccnc2-c2ccccc2)c(C([B])(C)C)c1. The van der Waals surface area contributed by atoms with Gasteiger partial charge in [0, 0.05) is 18.0 Å². The van der Waals surface area contributed by atoms with Crippen LogP contribution >= 0.6 is 0 Å². The molecular formula is C24H27B3N2. The van der Waals surface area contributed by atoms with Crippen molar-refractivity contribution in [2.24, 2.45) is 0 Å². The highest BCUT2D eigenvalue weighted by Crippen LogP contribution is 2.39. The lowest BCUT2D eigenvalue weighted by molar-refractivity contribution is 0.697. The Morgan fingerprint density at radius 1 is 0.759 bits per heavy atom. The Bertz CT molecular complexity index is 966. The summed E-state index contributed by atoms with van der Waals surface area (Å²) in [6.45, 7) is 12.0. The molecule has 0 amide bonds. The second-order valence-corrected chi connectivity index (χ2v) is 9.57. The highest BCUT2D eigenvalue weighted by Gasteiger charge is 2.30. The van der Waals surface area contributed by atoms with E-state index in [1.807, 2.05) is 72.1 Å². The first-order chi connectivity index (χ1) is 13.3. The van der Waals surface area contributed by atoms with Crippen LogP contribution in [0.5, 0.6) is 0 Å². The lowest BCUT2D eigenvalue weighted by atomic mass is 9.59. The molecular weight excluding hydrogens is 349 g/mol. The van der Waals surface area contributed by atoms with E-state index in [0.29, 0.717) is 0 Å². The summed E-state index contributed by atoms with van der Waals surface area (Å²) in [5.74, 6) is 0.848. The fourth-order valence-corrected chi connectivity index (χ4v) is 3.53. The molecule has 0 N–H and O–H groups in total. The molecule has 1 heterocycles. The monoisotopic (exact) mass is 376 g/mol. The Morgan fingerprint density at radius 3 is 1.72 bits per heavy atom. The maximum absolute atomic E-state index is 6.66. The molecule has 29 heavy (non-hydrogen) atoms. The minimum Gasteiger partial charge on any atom is -0.299 e. The zero-order chi connectivity index (χ0) is 21.6. The minimum absolute atomic E-state index is 0.518. The lowest BCUT2D eigenvalue weighted by Gasteiger charge is -2.34. The highest BCUT2D eigenvalue weighted by atomic mass is 15.1. The van der Waals surface area contributed by atoms with Crippen molar-refractivity contribution in [3.63, 3.8) is 0 Å². The van der Waals surface area contributed by atoms with Gasteiger partial charge in [0.25, 0.3) is 0 Å². The number of hydrogen-bond donors (Lipinski definition) is 0. The Hall–Kier alpha value is -2.16. The predicted molar refractivity (Wildman–Crippen MR) is 125 cm³/mol. The molecule has 6 radical (unpaired) electrons. The molecule has 3 aromatic rings. The van der Waals surface area contributed by atoms with Crippen LogP contribution in [0, 0.1) is 0 Å². The Balaban J connectivity index is 2.42. The zero-order valence-corrected chi connectivity index (χ0v) is 18.3. The van der Waals surface area contributed by atoms with Gasteiger partial charge >= 0.3 is 0 Å². The van der Waals surface area contributed by atoms with Gasteiger partial charge in [0.2, 0.25) is 0 Å². The summed E-state index contributed by atoms with van der Waals surface area (Å²) in [6.07, 6.45) is 3.78. The summed E-state index contributed by atoms with van der Waals surface area (Å²) in [7, 11) is 19.8. The van der Waals surface area contributed by atoms with Gasteiger partial charge in [-0.05, 0) is 27.1 Å². The third kappa shape index (κ3) is 4.39. The molecule has 0 fully saturated rings. The van der Waals surface area contributed by atoms with Crippen LogP contribution in [0.3, 0.4) is 0 Å². The summed E-state index contributed by atoms with van der Waals surface area (Å²) >= 11 is 0. The van der Waals surface area contributed by atoms with Gasteiger partial charge in [-0.2, -0.15) is 0 Å². The van der Waals surface area contributed by atoms with Crippen LogP contribution in [0.4, 0.5) is 0 Å². The van der Waals surface area contributed by atoms with Crippen molar-refractivity contribution in [1.82, 2.24) is 9.55 Å². The van der Waals surface area contributed by atoms with E-state index in [4.69, 9.17) is 23.5 Å². The lowest BCUT2D eigenvalue weighted by Crippen LogP contribution is -2.28. The van der Waals surface area contributed by atoms with Gasteiger partial charge in [0.05, 0.1) is 29.2 Å². The molecule has 0 aliphatic rings. The van der Waals surface area contributed by atoms with Crippen molar-refractivity contribution in [2.45, 2.75) is 57.5 Å². The summed E-state index contributed by atoms with van der Waals surface area (Å²) in [5, 5.41) is -1.72. The van der Waals surface area contributed by atoms with E-state index in [9.17, 15) is 0 Å². The van der Waals surface area contributed by atoms with Crippen LogP contribution in [0.25, 0.3) is 17.1 Å². The van der Waals surface area contributed by atoms with E-state index in [-0.39, 0.29) is 0 Å². The molecule has 1 aromatic heterocycles. The Morgan fingerprint density at radius 2 is 1.28 bits per heavy atom. The van der Waals surface area contributed by atoms with Gasteiger partial charge in [0.15, 0.2) is 0 Å². The molecule has 142 valence electrons. The van der Waals surface area contributed by atoms with Gasteiger partial charge in [-0.15, -0.1) is 0 Å².